The molecule has 11 nitrogen and oxygen atoms in total. The van der Waals surface area contributed by atoms with E-state index in [9.17, 15) is 14.4 Å². The van der Waals surface area contributed by atoms with Gasteiger partial charge in [-0.2, -0.15) is 0 Å². The Morgan fingerprint density at radius 3 is 1.15 bits per heavy atom. The van der Waals surface area contributed by atoms with E-state index in [-0.39, 0.29) is 79.3 Å². The van der Waals surface area contributed by atoms with E-state index in [4.69, 9.17) is 38.3 Å². The molecule has 1 N–H and O–H groups in total. The Kier molecular flexibility index (Phi) is 18.5. The van der Waals surface area contributed by atoms with Crippen LogP contribution in [-0.2, 0) is 47.5 Å². The van der Waals surface area contributed by atoms with Crippen molar-refractivity contribution in [2.45, 2.75) is 0 Å². The molecule has 0 saturated carbocycles. The molecule has 0 aromatic rings. The molecule has 0 fully saturated rings. The predicted octanol–water partition coefficient (Wildman–Crippen LogP) is 0.219. The third-order valence-electron chi connectivity index (χ3n) is 3.78. The standard InChI is InChI=1S/C22H34O11/c1-4-19(24)31-12-9-28-16-22(15-27-8-7-23,17-29-10-13-32-20(25)5-2)18-30-11-14-33-21(26)6-3/h4-6,23H,1-3,7-18H2. The number of carbonyl (C=O) groups excluding carboxylic acids is 3. The topological polar surface area (TPSA) is 136 Å². The van der Waals surface area contributed by atoms with Crippen molar-refractivity contribution in [2.75, 3.05) is 79.3 Å². The molecule has 0 saturated heterocycles. The molecule has 0 aromatic carbocycles. The van der Waals surface area contributed by atoms with Gasteiger partial charge in [0.15, 0.2) is 0 Å². The van der Waals surface area contributed by atoms with Crippen LogP contribution in [-0.4, -0.2) is 102 Å². The first-order valence-electron chi connectivity index (χ1n) is 10.2. The Hall–Kier alpha value is -2.57. The van der Waals surface area contributed by atoms with Crippen LogP contribution in [0, 0.1) is 5.41 Å². The molecule has 0 spiro atoms. The van der Waals surface area contributed by atoms with Crippen LogP contribution in [0.5, 0.6) is 0 Å². The molecular formula is C22H34O11. The first-order valence-corrected chi connectivity index (χ1v) is 10.2. The van der Waals surface area contributed by atoms with Crippen molar-refractivity contribution in [1.29, 1.82) is 0 Å². The van der Waals surface area contributed by atoms with Crippen LogP contribution >= 0.6 is 0 Å². The minimum absolute atomic E-state index is 0.0230. The lowest BCUT2D eigenvalue weighted by Crippen LogP contribution is -2.42. The van der Waals surface area contributed by atoms with E-state index in [1.54, 1.807) is 0 Å². The van der Waals surface area contributed by atoms with E-state index in [1.165, 1.54) is 0 Å². The molecule has 0 rings (SSSR count). The van der Waals surface area contributed by atoms with Gasteiger partial charge in [-0.15, -0.1) is 0 Å². The first-order chi connectivity index (χ1) is 15.9. The lowest BCUT2D eigenvalue weighted by atomic mass is 9.92. The summed E-state index contributed by atoms with van der Waals surface area (Å²) in [5.41, 5.74) is -0.817. The molecule has 0 amide bonds. The van der Waals surface area contributed by atoms with Crippen molar-refractivity contribution >= 4 is 17.9 Å². The van der Waals surface area contributed by atoms with Gasteiger partial charge in [0, 0.05) is 18.2 Å². The van der Waals surface area contributed by atoms with Gasteiger partial charge in [-0.3, -0.25) is 0 Å². The average molecular weight is 475 g/mol. The second kappa shape index (κ2) is 20.1. The van der Waals surface area contributed by atoms with Crippen molar-refractivity contribution in [3.63, 3.8) is 0 Å². The van der Waals surface area contributed by atoms with Crippen LogP contribution < -0.4 is 0 Å². The maximum absolute atomic E-state index is 11.1. The fraction of sp³-hybridized carbons (Fsp3) is 0.591. The summed E-state index contributed by atoms with van der Waals surface area (Å²) in [6.45, 7) is 10.6. The van der Waals surface area contributed by atoms with Crippen molar-refractivity contribution in [3.8, 4) is 0 Å². The third-order valence-corrected chi connectivity index (χ3v) is 3.78. The van der Waals surface area contributed by atoms with Crippen molar-refractivity contribution in [2.24, 2.45) is 5.41 Å². The van der Waals surface area contributed by atoms with Gasteiger partial charge >= 0.3 is 17.9 Å². The molecule has 0 aliphatic heterocycles. The third kappa shape index (κ3) is 16.7. The molecule has 0 unspecified atom stereocenters. The van der Waals surface area contributed by atoms with Crippen LogP contribution in [0.25, 0.3) is 0 Å². The second-order valence-corrected chi connectivity index (χ2v) is 6.55. The summed E-state index contributed by atoms with van der Waals surface area (Å²) in [6, 6.07) is 0. The summed E-state index contributed by atoms with van der Waals surface area (Å²) < 4.78 is 37.0. The van der Waals surface area contributed by atoms with E-state index in [0.717, 1.165) is 18.2 Å². The fourth-order valence-corrected chi connectivity index (χ4v) is 2.25. The molecule has 0 radical (unpaired) electrons. The molecule has 0 bridgehead atoms. The van der Waals surface area contributed by atoms with Gasteiger partial charge in [-0.25, -0.2) is 14.4 Å². The summed E-state index contributed by atoms with van der Waals surface area (Å²) in [6.07, 6.45) is 3.15. The van der Waals surface area contributed by atoms with Crippen LogP contribution in [0.15, 0.2) is 38.0 Å². The maximum Gasteiger partial charge on any atom is 0.330 e. The Morgan fingerprint density at radius 1 is 0.576 bits per heavy atom. The Balaban J connectivity index is 4.89. The van der Waals surface area contributed by atoms with Gasteiger partial charge < -0.3 is 38.3 Å². The quantitative estimate of drug-likeness (QED) is 0.0998. The highest BCUT2D eigenvalue weighted by Gasteiger charge is 2.32. The van der Waals surface area contributed by atoms with Gasteiger partial charge in [0.25, 0.3) is 0 Å². The van der Waals surface area contributed by atoms with Crippen LogP contribution in [0.4, 0.5) is 0 Å². The molecule has 33 heavy (non-hydrogen) atoms. The second-order valence-electron chi connectivity index (χ2n) is 6.55. The predicted molar refractivity (Wildman–Crippen MR) is 116 cm³/mol. The number of aliphatic hydroxyl groups excluding tert-OH is 1. The van der Waals surface area contributed by atoms with Crippen molar-refractivity contribution in [3.05, 3.63) is 38.0 Å². The van der Waals surface area contributed by atoms with Gasteiger partial charge in [-0.1, -0.05) is 19.7 Å². The van der Waals surface area contributed by atoms with Crippen LogP contribution in [0.3, 0.4) is 0 Å². The Labute approximate surface area is 193 Å². The SMILES string of the molecule is C=CC(=O)OCCOCC(COCCO)(COCCOC(=O)C=C)COCCOC(=O)C=C. The summed E-state index contributed by atoms with van der Waals surface area (Å²) in [5, 5.41) is 9.04. The number of rotatable bonds is 22. The zero-order valence-electron chi connectivity index (χ0n) is 18.9. The first kappa shape index (κ1) is 30.4. The monoisotopic (exact) mass is 474 g/mol. The van der Waals surface area contributed by atoms with E-state index < -0.39 is 23.3 Å². The zero-order chi connectivity index (χ0) is 24.8. The Bertz CT molecular complexity index is 529. The van der Waals surface area contributed by atoms with Crippen molar-refractivity contribution in [1.82, 2.24) is 0 Å². The largest absolute Gasteiger partial charge is 0.460 e. The minimum atomic E-state index is -0.817. The molecular weight excluding hydrogens is 440 g/mol. The summed E-state index contributed by atoms with van der Waals surface area (Å²) >= 11 is 0. The van der Waals surface area contributed by atoms with E-state index in [2.05, 4.69) is 19.7 Å². The van der Waals surface area contributed by atoms with Crippen LogP contribution in [0.2, 0.25) is 0 Å². The van der Waals surface area contributed by atoms with E-state index in [1.807, 2.05) is 0 Å². The fourth-order valence-electron chi connectivity index (χ4n) is 2.25. The number of aliphatic hydroxyl groups is 1. The minimum Gasteiger partial charge on any atom is -0.460 e. The van der Waals surface area contributed by atoms with E-state index >= 15 is 0 Å². The highest BCUT2D eigenvalue weighted by atomic mass is 16.6. The number of esters is 3. The lowest BCUT2D eigenvalue weighted by molar-refractivity contribution is -0.145. The van der Waals surface area contributed by atoms with Crippen LogP contribution in [0.1, 0.15) is 0 Å². The number of carbonyl (C=O) groups is 3. The van der Waals surface area contributed by atoms with E-state index in [0.29, 0.717) is 0 Å². The molecule has 188 valence electrons. The van der Waals surface area contributed by atoms with Gasteiger partial charge in [0.1, 0.15) is 19.8 Å². The lowest BCUT2D eigenvalue weighted by Gasteiger charge is -2.33. The maximum atomic E-state index is 11.1. The molecule has 11 heteroatoms. The van der Waals surface area contributed by atoms with Gasteiger partial charge in [0.2, 0.25) is 0 Å². The van der Waals surface area contributed by atoms with Gasteiger partial charge in [0.05, 0.1) is 64.9 Å². The Morgan fingerprint density at radius 2 is 0.879 bits per heavy atom. The summed E-state index contributed by atoms with van der Waals surface area (Å²) in [4.78, 5) is 33.4. The normalized spacial score (nSPS) is 10.8. The zero-order valence-corrected chi connectivity index (χ0v) is 18.9. The highest BCUT2D eigenvalue weighted by molar-refractivity contribution is 5.81. The molecule has 0 aromatic heterocycles. The number of ether oxygens (including phenoxy) is 7. The smallest absolute Gasteiger partial charge is 0.330 e. The summed E-state index contributed by atoms with van der Waals surface area (Å²) in [7, 11) is 0. The molecule has 0 heterocycles. The van der Waals surface area contributed by atoms with Crippen molar-refractivity contribution < 1.29 is 52.6 Å². The van der Waals surface area contributed by atoms with Gasteiger partial charge in [-0.05, 0) is 0 Å². The molecule has 0 aliphatic rings. The molecule has 0 aliphatic carbocycles. The molecule has 0 atom stereocenters. The number of hydrogen-bond acceptors (Lipinski definition) is 11. The average Bonchev–Trinajstić information content (AvgIpc) is 2.82. The highest BCUT2D eigenvalue weighted by Crippen LogP contribution is 2.21. The summed E-state index contributed by atoms with van der Waals surface area (Å²) in [5.74, 6) is -1.69. The number of hydrogen-bond donors (Lipinski definition) is 1.